The molecule has 1 heterocycles. The van der Waals surface area contributed by atoms with E-state index < -0.39 is 5.97 Å². The van der Waals surface area contributed by atoms with Crippen molar-refractivity contribution in [2.75, 3.05) is 24.4 Å². The average molecular weight is 289 g/mol. The second-order valence-corrected chi connectivity index (χ2v) is 4.89. The monoisotopic (exact) mass is 289 g/mol. The standard InChI is InChI=1S/C14H15N3O2S/c1-19-14(18)12-7-9(15)8-16-13(12)17-10-3-5-11(20-2)6-4-10/h3-8H,15H2,1-2H3,(H,16,17). The molecule has 0 radical (unpaired) electrons. The summed E-state index contributed by atoms with van der Waals surface area (Å²) in [5.41, 5.74) is 7.21. The summed E-state index contributed by atoms with van der Waals surface area (Å²) >= 11 is 1.66. The molecule has 0 aliphatic carbocycles. The van der Waals surface area contributed by atoms with Crippen molar-refractivity contribution in [1.82, 2.24) is 4.98 Å². The van der Waals surface area contributed by atoms with Gasteiger partial charge in [0, 0.05) is 10.6 Å². The third kappa shape index (κ3) is 3.21. The van der Waals surface area contributed by atoms with Crippen LogP contribution in [-0.2, 0) is 4.74 Å². The van der Waals surface area contributed by atoms with E-state index in [4.69, 9.17) is 10.5 Å². The molecule has 2 rings (SSSR count). The van der Waals surface area contributed by atoms with Gasteiger partial charge < -0.3 is 15.8 Å². The van der Waals surface area contributed by atoms with Crippen molar-refractivity contribution in [2.24, 2.45) is 0 Å². The molecule has 2 aromatic rings. The van der Waals surface area contributed by atoms with Crippen molar-refractivity contribution in [2.45, 2.75) is 4.90 Å². The zero-order valence-corrected chi connectivity index (χ0v) is 12.0. The fraction of sp³-hybridized carbons (Fsp3) is 0.143. The van der Waals surface area contributed by atoms with Crippen LogP contribution in [-0.4, -0.2) is 24.3 Å². The summed E-state index contributed by atoms with van der Waals surface area (Å²) in [5.74, 6) is -0.0593. The first-order chi connectivity index (χ1) is 9.63. The molecule has 1 aromatic carbocycles. The third-order valence-corrected chi connectivity index (χ3v) is 3.41. The van der Waals surface area contributed by atoms with Gasteiger partial charge in [-0.15, -0.1) is 11.8 Å². The van der Waals surface area contributed by atoms with E-state index >= 15 is 0 Å². The summed E-state index contributed by atoms with van der Waals surface area (Å²) in [6.45, 7) is 0. The van der Waals surface area contributed by atoms with Crippen molar-refractivity contribution in [3.63, 3.8) is 0 Å². The van der Waals surface area contributed by atoms with E-state index in [9.17, 15) is 4.79 Å². The Morgan fingerprint density at radius 2 is 2.05 bits per heavy atom. The molecule has 104 valence electrons. The maximum atomic E-state index is 11.7. The van der Waals surface area contributed by atoms with E-state index in [1.165, 1.54) is 19.4 Å². The molecule has 6 heteroatoms. The lowest BCUT2D eigenvalue weighted by Crippen LogP contribution is -2.08. The smallest absolute Gasteiger partial charge is 0.341 e. The Labute approximate surface area is 121 Å². The van der Waals surface area contributed by atoms with Crippen molar-refractivity contribution in [1.29, 1.82) is 0 Å². The second kappa shape index (κ2) is 6.29. The molecule has 5 nitrogen and oxygen atoms in total. The fourth-order valence-corrected chi connectivity index (χ4v) is 2.07. The summed E-state index contributed by atoms with van der Waals surface area (Å²) < 4.78 is 4.73. The largest absolute Gasteiger partial charge is 0.465 e. The lowest BCUT2D eigenvalue weighted by molar-refractivity contribution is 0.0601. The molecule has 0 aliphatic rings. The van der Waals surface area contributed by atoms with Gasteiger partial charge in [0.15, 0.2) is 0 Å². The van der Waals surface area contributed by atoms with Crippen LogP contribution < -0.4 is 11.1 Å². The van der Waals surface area contributed by atoms with Gasteiger partial charge in [0.05, 0.1) is 19.0 Å². The lowest BCUT2D eigenvalue weighted by atomic mass is 10.2. The molecule has 3 N–H and O–H groups in total. The summed E-state index contributed by atoms with van der Waals surface area (Å²) in [7, 11) is 1.32. The highest BCUT2D eigenvalue weighted by molar-refractivity contribution is 7.98. The van der Waals surface area contributed by atoms with Crippen LogP contribution in [0.4, 0.5) is 17.2 Å². The van der Waals surface area contributed by atoms with Crippen LogP contribution in [0.15, 0.2) is 41.4 Å². The van der Waals surface area contributed by atoms with Crippen molar-refractivity contribution >= 4 is 34.9 Å². The predicted octanol–water partition coefficient (Wildman–Crippen LogP) is 2.92. The summed E-state index contributed by atoms with van der Waals surface area (Å²) in [6.07, 6.45) is 3.50. The Balaban J connectivity index is 2.30. The molecule has 0 amide bonds. The first-order valence-corrected chi connectivity index (χ1v) is 7.11. The average Bonchev–Trinajstić information content (AvgIpc) is 2.49. The van der Waals surface area contributed by atoms with Crippen molar-refractivity contribution in [3.8, 4) is 0 Å². The van der Waals surface area contributed by atoms with Gasteiger partial charge >= 0.3 is 5.97 Å². The van der Waals surface area contributed by atoms with Crippen LogP contribution in [0.2, 0.25) is 0 Å². The highest BCUT2D eigenvalue weighted by atomic mass is 32.2. The molecule has 0 spiro atoms. The molecular formula is C14H15N3O2S. The maximum absolute atomic E-state index is 11.7. The number of hydrogen-bond donors (Lipinski definition) is 2. The van der Waals surface area contributed by atoms with Gasteiger partial charge in [-0.25, -0.2) is 9.78 Å². The Morgan fingerprint density at radius 3 is 2.65 bits per heavy atom. The minimum absolute atomic E-state index is 0.307. The number of pyridine rings is 1. The number of hydrogen-bond acceptors (Lipinski definition) is 6. The van der Waals surface area contributed by atoms with Gasteiger partial charge in [0.25, 0.3) is 0 Å². The van der Waals surface area contributed by atoms with Crippen LogP contribution >= 0.6 is 11.8 Å². The zero-order valence-electron chi connectivity index (χ0n) is 11.2. The molecule has 0 atom stereocenters. The molecule has 0 unspecified atom stereocenters. The van der Waals surface area contributed by atoms with Gasteiger partial charge in [-0.3, -0.25) is 0 Å². The number of methoxy groups -OCH3 is 1. The summed E-state index contributed by atoms with van der Waals surface area (Å²) in [4.78, 5) is 17.0. The number of nitrogen functional groups attached to an aromatic ring is 1. The van der Waals surface area contributed by atoms with E-state index in [0.29, 0.717) is 17.1 Å². The molecule has 0 saturated heterocycles. The number of esters is 1. The van der Waals surface area contributed by atoms with E-state index in [1.807, 2.05) is 30.5 Å². The Hall–Kier alpha value is -2.21. The van der Waals surface area contributed by atoms with Gasteiger partial charge in [0.2, 0.25) is 0 Å². The number of nitrogens with one attached hydrogen (secondary N) is 1. The highest BCUT2D eigenvalue weighted by Crippen LogP contribution is 2.23. The highest BCUT2D eigenvalue weighted by Gasteiger charge is 2.14. The van der Waals surface area contributed by atoms with E-state index in [0.717, 1.165) is 10.6 Å². The quantitative estimate of drug-likeness (QED) is 0.665. The number of nitrogens with two attached hydrogens (primary N) is 1. The topological polar surface area (TPSA) is 77.2 Å². The normalized spacial score (nSPS) is 10.1. The summed E-state index contributed by atoms with van der Waals surface area (Å²) in [5, 5.41) is 3.09. The molecular weight excluding hydrogens is 274 g/mol. The second-order valence-electron chi connectivity index (χ2n) is 4.01. The van der Waals surface area contributed by atoms with Crippen LogP contribution in [0.3, 0.4) is 0 Å². The van der Waals surface area contributed by atoms with Crippen LogP contribution in [0.1, 0.15) is 10.4 Å². The zero-order chi connectivity index (χ0) is 14.5. The number of benzene rings is 1. The number of carbonyl (C=O) groups is 1. The first-order valence-electron chi connectivity index (χ1n) is 5.89. The number of rotatable bonds is 4. The van der Waals surface area contributed by atoms with E-state index in [2.05, 4.69) is 10.3 Å². The molecule has 0 fully saturated rings. The molecule has 1 aromatic heterocycles. The third-order valence-electron chi connectivity index (χ3n) is 2.67. The Kier molecular flexibility index (Phi) is 4.47. The van der Waals surface area contributed by atoms with Gasteiger partial charge in [-0.2, -0.15) is 0 Å². The predicted molar refractivity (Wildman–Crippen MR) is 81.5 cm³/mol. The van der Waals surface area contributed by atoms with Crippen LogP contribution in [0, 0.1) is 0 Å². The van der Waals surface area contributed by atoms with Crippen LogP contribution in [0.5, 0.6) is 0 Å². The van der Waals surface area contributed by atoms with Crippen LogP contribution in [0.25, 0.3) is 0 Å². The SMILES string of the molecule is COC(=O)c1cc(N)cnc1Nc1ccc(SC)cc1. The minimum atomic E-state index is -0.479. The molecule has 0 bridgehead atoms. The maximum Gasteiger partial charge on any atom is 0.341 e. The molecule has 0 saturated carbocycles. The van der Waals surface area contributed by atoms with Gasteiger partial charge in [-0.1, -0.05) is 0 Å². The number of thioether (sulfide) groups is 1. The number of anilines is 3. The number of aromatic nitrogens is 1. The van der Waals surface area contributed by atoms with E-state index in [1.54, 1.807) is 11.8 Å². The molecule has 0 aliphatic heterocycles. The lowest BCUT2D eigenvalue weighted by Gasteiger charge is -2.10. The Bertz CT molecular complexity index is 614. The number of nitrogens with zero attached hydrogens (tertiary/aromatic N) is 1. The van der Waals surface area contributed by atoms with Crippen molar-refractivity contribution in [3.05, 3.63) is 42.1 Å². The first kappa shape index (κ1) is 14.2. The molecule has 20 heavy (non-hydrogen) atoms. The van der Waals surface area contributed by atoms with Gasteiger partial charge in [-0.05, 0) is 36.6 Å². The van der Waals surface area contributed by atoms with Gasteiger partial charge in [0.1, 0.15) is 11.4 Å². The number of ether oxygens (including phenoxy) is 1. The Morgan fingerprint density at radius 1 is 1.35 bits per heavy atom. The van der Waals surface area contributed by atoms with E-state index in [-0.39, 0.29) is 0 Å². The number of carbonyl (C=O) groups excluding carboxylic acids is 1. The van der Waals surface area contributed by atoms with Crippen molar-refractivity contribution < 1.29 is 9.53 Å². The minimum Gasteiger partial charge on any atom is -0.465 e. The summed E-state index contributed by atoms with van der Waals surface area (Å²) in [6, 6.07) is 9.36. The fourth-order valence-electron chi connectivity index (χ4n) is 1.66.